The van der Waals surface area contributed by atoms with Crippen molar-refractivity contribution in [2.45, 2.75) is 19.8 Å². The zero-order chi connectivity index (χ0) is 13.7. The highest BCUT2D eigenvalue weighted by Crippen LogP contribution is 2.28. The number of benzene rings is 1. The normalized spacial score (nSPS) is 18.5. The molecule has 1 saturated heterocycles. The van der Waals surface area contributed by atoms with Crippen LogP contribution in [0.2, 0.25) is 0 Å². The topological polar surface area (TPSA) is 56.5 Å². The number of nitrogens with one attached hydrogen (secondary N) is 1. The van der Waals surface area contributed by atoms with Crippen LogP contribution >= 0.6 is 0 Å². The fraction of sp³-hybridized carbons (Fsp3) is 0.571. The van der Waals surface area contributed by atoms with Gasteiger partial charge in [0.05, 0.1) is 18.0 Å². The SMILES string of the molecule is CCOc1cc(NCCC2CCOC2)c(N)cc1F. The lowest BCUT2D eigenvalue weighted by Crippen LogP contribution is -2.10. The van der Waals surface area contributed by atoms with Gasteiger partial charge in [0.25, 0.3) is 0 Å². The number of anilines is 2. The molecule has 19 heavy (non-hydrogen) atoms. The largest absolute Gasteiger partial charge is 0.491 e. The number of halogens is 1. The molecular weight excluding hydrogens is 247 g/mol. The van der Waals surface area contributed by atoms with E-state index in [1.165, 1.54) is 6.07 Å². The Labute approximate surface area is 113 Å². The van der Waals surface area contributed by atoms with E-state index in [1.54, 1.807) is 6.07 Å². The first-order valence-corrected chi connectivity index (χ1v) is 6.74. The molecule has 1 fully saturated rings. The summed E-state index contributed by atoms with van der Waals surface area (Å²) in [4.78, 5) is 0. The van der Waals surface area contributed by atoms with E-state index in [9.17, 15) is 4.39 Å². The first kappa shape index (κ1) is 13.9. The van der Waals surface area contributed by atoms with Gasteiger partial charge in [-0.15, -0.1) is 0 Å². The maximum atomic E-state index is 13.5. The molecule has 1 unspecified atom stereocenters. The molecule has 0 bridgehead atoms. The summed E-state index contributed by atoms with van der Waals surface area (Å²) in [5.41, 5.74) is 6.93. The molecule has 0 saturated carbocycles. The molecular formula is C14H21FN2O2. The van der Waals surface area contributed by atoms with Crippen LogP contribution in [0.5, 0.6) is 5.75 Å². The van der Waals surface area contributed by atoms with Crippen LogP contribution in [-0.4, -0.2) is 26.4 Å². The molecule has 0 spiro atoms. The smallest absolute Gasteiger partial charge is 0.167 e. The Bertz CT molecular complexity index is 420. The van der Waals surface area contributed by atoms with Gasteiger partial charge in [-0.3, -0.25) is 0 Å². The average Bonchev–Trinajstić information content (AvgIpc) is 2.88. The monoisotopic (exact) mass is 268 g/mol. The van der Waals surface area contributed by atoms with Gasteiger partial charge in [-0.25, -0.2) is 4.39 Å². The standard InChI is InChI=1S/C14H21FN2O2/c1-2-19-14-8-13(12(16)7-11(14)15)17-5-3-10-4-6-18-9-10/h7-8,10,17H,2-6,9,16H2,1H3. The van der Waals surface area contributed by atoms with E-state index in [2.05, 4.69) is 5.32 Å². The third-order valence-corrected chi connectivity index (χ3v) is 3.30. The third kappa shape index (κ3) is 3.73. The van der Waals surface area contributed by atoms with E-state index in [0.29, 0.717) is 18.2 Å². The molecule has 5 heteroatoms. The van der Waals surface area contributed by atoms with Crippen molar-refractivity contribution in [1.29, 1.82) is 0 Å². The van der Waals surface area contributed by atoms with Gasteiger partial charge in [0.1, 0.15) is 0 Å². The molecule has 106 valence electrons. The minimum atomic E-state index is -0.422. The fourth-order valence-electron chi connectivity index (χ4n) is 2.21. The number of hydrogen-bond donors (Lipinski definition) is 2. The van der Waals surface area contributed by atoms with E-state index < -0.39 is 5.82 Å². The van der Waals surface area contributed by atoms with Crippen molar-refractivity contribution in [3.05, 3.63) is 17.9 Å². The average molecular weight is 268 g/mol. The molecule has 0 radical (unpaired) electrons. The lowest BCUT2D eigenvalue weighted by molar-refractivity contribution is 0.185. The Balaban J connectivity index is 1.92. The predicted molar refractivity (Wildman–Crippen MR) is 74.0 cm³/mol. The maximum Gasteiger partial charge on any atom is 0.167 e. The lowest BCUT2D eigenvalue weighted by Gasteiger charge is -2.14. The molecule has 0 aromatic heterocycles. The van der Waals surface area contributed by atoms with E-state index in [4.69, 9.17) is 15.2 Å². The second kappa shape index (κ2) is 6.61. The highest BCUT2D eigenvalue weighted by molar-refractivity contribution is 5.68. The molecule has 0 aliphatic carbocycles. The quantitative estimate of drug-likeness (QED) is 0.779. The van der Waals surface area contributed by atoms with Crippen molar-refractivity contribution in [2.75, 3.05) is 37.4 Å². The van der Waals surface area contributed by atoms with Crippen molar-refractivity contribution in [3.8, 4) is 5.75 Å². The van der Waals surface area contributed by atoms with Gasteiger partial charge in [0.15, 0.2) is 11.6 Å². The van der Waals surface area contributed by atoms with Crippen molar-refractivity contribution >= 4 is 11.4 Å². The van der Waals surface area contributed by atoms with Crippen LogP contribution in [0.15, 0.2) is 12.1 Å². The fourth-order valence-corrected chi connectivity index (χ4v) is 2.21. The molecule has 3 N–H and O–H groups in total. The number of ether oxygens (including phenoxy) is 2. The minimum absolute atomic E-state index is 0.239. The van der Waals surface area contributed by atoms with E-state index in [-0.39, 0.29) is 5.75 Å². The highest BCUT2D eigenvalue weighted by Gasteiger charge is 2.15. The number of nitrogens with two attached hydrogens (primary N) is 1. The van der Waals surface area contributed by atoms with Crippen molar-refractivity contribution < 1.29 is 13.9 Å². The predicted octanol–water partition coefficient (Wildman–Crippen LogP) is 2.65. The van der Waals surface area contributed by atoms with Crippen molar-refractivity contribution in [3.63, 3.8) is 0 Å². The Hall–Kier alpha value is -1.49. The molecule has 1 aromatic rings. The molecule has 4 nitrogen and oxygen atoms in total. The molecule has 1 aliphatic rings. The minimum Gasteiger partial charge on any atom is -0.491 e. The summed E-state index contributed by atoms with van der Waals surface area (Å²) in [6.45, 7) is 4.75. The van der Waals surface area contributed by atoms with Crippen LogP contribution in [0.3, 0.4) is 0 Å². The molecule has 0 amide bonds. The van der Waals surface area contributed by atoms with Gasteiger partial charge < -0.3 is 20.5 Å². The molecule has 1 heterocycles. The number of hydrogen-bond acceptors (Lipinski definition) is 4. The number of rotatable bonds is 6. The summed E-state index contributed by atoms with van der Waals surface area (Å²) in [7, 11) is 0. The maximum absolute atomic E-state index is 13.5. The summed E-state index contributed by atoms with van der Waals surface area (Å²) in [6.07, 6.45) is 2.14. The van der Waals surface area contributed by atoms with Crippen LogP contribution in [0, 0.1) is 11.7 Å². The number of nitrogen functional groups attached to an aromatic ring is 1. The summed E-state index contributed by atoms with van der Waals surface area (Å²) < 4.78 is 24.1. The van der Waals surface area contributed by atoms with E-state index in [0.717, 1.165) is 38.3 Å². The summed E-state index contributed by atoms with van der Waals surface area (Å²) in [5.74, 6) is 0.429. The van der Waals surface area contributed by atoms with Crippen molar-refractivity contribution in [1.82, 2.24) is 0 Å². The summed E-state index contributed by atoms with van der Waals surface area (Å²) >= 11 is 0. The van der Waals surface area contributed by atoms with Crippen molar-refractivity contribution in [2.24, 2.45) is 5.92 Å². The van der Waals surface area contributed by atoms with Crippen LogP contribution < -0.4 is 15.8 Å². The second-order valence-corrected chi connectivity index (χ2v) is 4.75. The molecule has 1 aliphatic heterocycles. The summed E-state index contributed by atoms with van der Waals surface area (Å²) in [5, 5.41) is 3.24. The Morgan fingerprint density at radius 3 is 3.05 bits per heavy atom. The Morgan fingerprint density at radius 1 is 1.53 bits per heavy atom. The van der Waals surface area contributed by atoms with Gasteiger partial charge in [0.2, 0.25) is 0 Å². The zero-order valence-corrected chi connectivity index (χ0v) is 11.2. The third-order valence-electron chi connectivity index (χ3n) is 3.30. The van der Waals surface area contributed by atoms with E-state index in [1.807, 2.05) is 6.92 Å². The Morgan fingerprint density at radius 2 is 2.37 bits per heavy atom. The van der Waals surface area contributed by atoms with Gasteiger partial charge in [-0.1, -0.05) is 0 Å². The van der Waals surface area contributed by atoms with E-state index >= 15 is 0 Å². The van der Waals surface area contributed by atoms with Gasteiger partial charge in [-0.2, -0.15) is 0 Å². The van der Waals surface area contributed by atoms with Crippen LogP contribution in [0.25, 0.3) is 0 Å². The molecule has 1 aromatic carbocycles. The Kier molecular flexibility index (Phi) is 4.85. The van der Waals surface area contributed by atoms with Gasteiger partial charge in [-0.05, 0) is 25.7 Å². The van der Waals surface area contributed by atoms with Gasteiger partial charge >= 0.3 is 0 Å². The first-order chi connectivity index (χ1) is 9.20. The van der Waals surface area contributed by atoms with Crippen LogP contribution in [0.1, 0.15) is 19.8 Å². The molecule has 2 rings (SSSR count). The van der Waals surface area contributed by atoms with Gasteiger partial charge in [0, 0.05) is 31.9 Å². The van der Waals surface area contributed by atoms with Crippen LogP contribution in [-0.2, 0) is 4.74 Å². The summed E-state index contributed by atoms with van der Waals surface area (Å²) in [6, 6.07) is 2.92. The second-order valence-electron chi connectivity index (χ2n) is 4.75. The van der Waals surface area contributed by atoms with Crippen LogP contribution in [0.4, 0.5) is 15.8 Å². The molecule has 1 atom stereocenters. The lowest BCUT2D eigenvalue weighted by atomic mass is 10.1. The first-order valence-electron chi connectivity index (χ1n) is 6.74. The zero-order valence-electron chi connectivity index (χ0n) is 11.2. The highest BCUT2D eigenvalue weighted by atomic mass is 19.1.